The summed E-state index contributed by atoms with van der Waals surface area (Å²) in [6, 6.07) is 3.84. The van der Waals surface area contributed by atoms with Crippen molar-refractivity contribution in [1.29, 1.82) is 0 Å². The predicted molar refractivity (Wildman–Crippen MR) is 87.9 cm³/mol. The van der Waals surface area contributed by atoms with Crippen LogP contribution in [0.2, 0.25) is 0 Å². The van der Waals surface area contributed by atoms with Gasteiger partial charge in [-0.3, -0.25) is 4.79 Å². The molecule has 1 rings (SSSR count). The molecule has 21 heavy (non-hydrogen) atoms. The number of carbonyl (C=O) groups is 1. The molecule has 1 aromatic heterocycles. The maximum Gasteiger partial charge on any atom is 0.251 e. The van der Waals surface area contributed by atoms with Crippen LogP contribution in [0, 0.1) is 0 Å². The van der Waals surface area contributed by atoms with Gasteiger partial charge in [0.2, 0.25) is 0 Å². The van der Waals surface area contributed by atoms with E-state index in [0.29, 0.717) is 5.56 Å². The molecule has 0 fully saturated rings. The Bertz CT molecular complexity index is 460. The van der Waals surface area contributed by atoms with Crippen LogP contribution in [-0.2, 0) is 6.42 Å². The van der Waals surface area contributed by atoms with E-state index >= 15 is 0 Å². The van der Waals surface area contributed by atoms with Crippen molar-refractivity contribution in [3.05, 3.63) is 23.4 Å². The lowest BCUT2D eigenvalue weighted by molar-refractivity contribution is 0.0936. The monoisotopic (exact) mass is 292 g/mol. The molecule has 0 bridgehead atoms. The smallest absolute Gasteiger partial charge is 0.251 e. The van der Waals surface area contributed by atoms with Crippen LogP contribution < -0.4 is 10.6 Å². The van der Waals surface area contributed by atoms with E-state index in [1.54, 1.807) is 6.07 Å². The summed E-state index contributed by atoms with van der Waals surface area (Å²) in [5.41, 5.74) is 1.63. The molecule has 0 aliphatic rings. The van der Waals surface area contributed by atoms with Gasteiger partial charge in [-0.15, -0.1) is 0 Å². The lowest BCUT2D eigenvalue weighted by Gasteiger charge is -2.17. The van der Waals surface area contributed by atoms with Crippen molar-refractivity contribution in [2.24, 2.45) is 0 Å². The Morgan fingerprint density at radius 2 is 2.10 bits per heavy atom. The molecule has 0 spiro atoms. The first kappa shape index (κ1) is 17.4. The van der Waals surface area contributed by atoms with E-state index in [0.717, 1.165) is 37.3 Å². The molecule has 0 saturated heterocycles. The van der Waals surface area contributed by atoms with E-state index < -0.39 is 0 Å². The summed E-state index contributed by atoms with van der Waals surface area (Å²) in [5.74, 6) is 0.713. The van der Waals surface area contributed by atoms with Crippen molar-refractivity contribution in [3.63, 3.8) is 0 Å². The molecule has 5 heteroatoms. The highest BCUT2D eigenvalue weighted by molar-refractivity contribution is 5.95. The molecule has 5 nitrogen and oxygen atoms in total. The first-order valence-electron chi connectivity index (χ1n) is 7.60. The third kappa shape index (κ3) is 6.12. The van der Waals surface area contributed by atoms with Gasteiger partial charge in [-0.1, -0.05) is 13.3 Å². The number of rotatable bonds is 8. The lowest BCUT2D eigenvalue weighted by Crippen LogP contribution is -2.34. The van der Waals surface area contributed by atoms with Gasteiger partial charge in [-0.25, -0.2) is 4.98 Å². The Kier molecular flexibility index (Phi) is 7.15. The van der Waals surface area contributed by atoms with Crippen molar-refractivity contribution in [3.8, 4) is 0 Å². The molecule has 0 radical (unpaired) electrons. The van der Waals surface area contributed by atoms with E-state index in [-0.39, 0.29) is 11.9 Å². The fourth-order valence-electron chi connectivity index (χ4n) is 2.06. The molecule has 118 valence electrons. The number of pyridine rings is 1. The number of nitrogens with zero attached hydrogens (tertiary/aromatic N) is 2. The number of anilines is 1. The number of hydrogen-bond donors (Lipinski definition) is 2. The minimum atomic E-state index is -0.0301. The van der Waals surface area contributed by atoms with Gasteiger partial charge in [0.15, 0.2) is 0 Å². The van der Waals surface area contributed by atoms with Crippen molar-refractivity contribution in [2.45, 2.75) is 39.2 Å². The van der Waals surface area contributed by atoms with Crippen LogP contribution in [0.3, 0.4) is 0 Å². The third-order valence-corrected chi connectivity index (χ3v) is 3.29. The highest BCUT2D eigenvalue weighted by Crippen LogP contribution is 2.12. The van der Waals surface area contributed by atoms with E-state index in [4.69, 9.17) is 0 Å². The molecular formula is C16H28N4O. The fraction of sp³-hybridized carbons (Fsp3) is 0.625. The Balaban J connectivity index is 2.74. The molecule has 1 atom stereocenters. The topological polar surface area (TPSA) is 57.3 Å². The first-order chi connectivity index (χ1) is 9.96. The number of aromatic nitrogens is 1. The summed E-state index contributed by atoms with van der Waals surface area (Å²) in [4.78, 5) is 18.9. The van der Waals surface area contributed by atoms with Crippen molar-refractivity contribution in [1.82, 2.24) is 15.2 Å². The van der Waals surface area contributed by atoms with Crippen molar-refractivity contribution in [2.75, 3.05) is 33.0 Å². The lowest BCUT2D eigenvalue weighted by atomic mass is 10.1. The van der Waals surface area contributed by atoms with Crippen LogP contribution >= 0.6 is 0 Å². The van der Waals surface area contributed by atoms with Crippen LogP contribution in [0.4, 0.5) is 5.82 Å². The summed E-state index contributed by atoms with van der Waals surface area (Å²) in [6.07, 6.45) is 2.83. The van der Waals surface area contributed by atoms with Crippen LogP contribution in [0.5, 0.6) is 0 Å². The Morgan fingerprint density at radius 3 is 2.67 bits per heavy atom. The van der Waals surface area contributed by atoms with E-state index in [1.807, 2.05) is 34.1 Å². The van der Waals surface area contributed by atoms with Crippen LogP contribution in [-0.4, -0.2) is 49.5 Å². The highest BCUT2D eigenvalue weighted by Gasteiger charge is 2.12. The fourth-order valence-corrected chi connectivity index (χ4v) is 2.06. The number of amides is 1. The Labute approximate surface area is 128 Å². The quantitative estimate of drug-likeness (QED) is 0.771. The van der Waals surface area contributed by atoms with Gasteiger partial charge >= 0.3 is 0 Å². The average Bonchev–Trinajstić information content (AvgIpc) is 2.45. The van der Waals surface area contributed by atoms with E-state index in [9.17, 15) is 4.79 Å². The molecule has 1 aromatic rings. The molecule has 0 aliphatic heterocycles. The van der Waals surface area contributed by atoms with Crippen LogP contribution in [0.1, 0.15) is 42.7 Å². The van der Waals surface area contributed by atoms with Gasteiger partial charge in [0, 0.05) is 24.3 Å². The van der Waals surface area contributed by atoms with Gasteiger partial charge < -0.3 is 15.5 Å². The van der Waals surface area contributed by atoms with Crippen molar-refractivity contribution < 1.29 is 4.79 Å². The molecule has 1 heterocycles. The second-order valence-corrected chi connectivity index (χ2v) is 5.70. The predicted octanol–water partition coefficient (Wildman–Crippen LogP) is 2.15. The summed E-state index contributed by atoms with van der Waals surface area (Å²) < 4.78 is 0. The minimum Gasteiger partial charge on any atom is -0.373 e. The number of aryl methyl sites for hydroxylation is 1. The van der Waals surface area contributed by atoms with Gasteiger partial charge in [0.05, 0.1) is 0 Å². The number of carbonyl (C=O) groups excluding carboxylic acids is 1. The van der Waals surface area contributed by atoms with Gasteiger partial charge in [-0.05, 0) is 52.5 Å². The zero-order valence-electron chi connectivity index (χ0n) is 13.9. The normalized spacial score (nSPS) is 12.3. The Hall–Kier alpha value is -1.62. The van der Waals surface area contributed by atoms with Gasteiger partial charge in [-0.2, -0.15) is 0 Å². The highest BCUT2D eigenvalue weighted by atomic mass is 16.1. The molecule has 0 aromatic carbocycles. The molecule has 0 saturated carbocycles. The van der Waals surface area contributed by atoms with Crippen LogP contribution in [0.15, 0.2) is 12.1 Å². The van der Waals surface area contributed by atoms with Gasteiger partial charge in [0.25, 0.3) is 5.91 Å². The Morgan fingerprint density at radius 1 is 1.38 bits per heavy atom. The largest absolute Gasteiger partial charge is 0.373 e. The third-order valence-electron chi connectivity index (χ3n) is 3.29. The number of hydrogen-bond acceptors (Lipinski definition) is 4. The number of nitrogens with one attached hydrogen (secondary N) is 2. The summed E-state index contributed by atoms with van der Waals surface area (Å²) in [7, 11) is 5.89. The second kappa shape index (κ2) is 8.62. The maximum absolute atomic E-state index is 12.3. The molecule has 0 aliphatic carbocycles. The van der Waals surface area contributed by atoms with E-state index in [2.05, 4.69) is 27.4 Å². The van der Waals surface area contributed by atoms with E-state index in [1.165, 1.54) is 0 Å². The standard InChI is InChI=1S/C16H28N4O/c1-6-7-14-10-13(11-15(17-3)19-14)16(21)18-12(2)8-9-20(4)5/h10-12H,6-9H2,1-5H3,(H,17,19)(H,18,21). The summed E-state index contributed by atoms with van der Waals surface area (Å²) in [6.45, 7) is 5.10. The SMILES string of the molecule is CCCc1cc(C(=O)NC(C)CCN(C)C)cc(NC)n1. The molecule has 2 N–H and O–H groups in total. The molecule has 1 unspecified atom stereocenters. The minimum absolute atomic E-state index is 0.0301. The summed E-state index contributed by atoms with van der Waals surface area (Å²) >= 11 is 0. The molecule has 1 amide bonds. The van der Waals surface area contributed by atoms with Gasteiger partial charge in [0.1, 0.15) is 5.82 Å². The van der Waals surface area contributed by atoms with Crippen LogP contribution in [0.25, 0.3) is 0 Å². The maximum atomic E-state index is 12.3. The second-order valence-electron chi connectivity index (χ2n) is 5.70. The zero-order chi connectivity index (χ0) is 15.8. The average molecular weight is 292 g/mol. The molecular weight excluding hydrogens is 264 g/mol. The zero-order valence-corrected chi connectivity index (χ0v) is 13.9. The first-order valence-corrected chi connectivity index (χ1v) is 7.60. The summed E-state index contributed by atoms with van der Waals surface area (Å²) in [5, 5.41) is 6.07. The van der Waals surface area contributed by atoms with Crippen molar-refractivity contribution >= 4 is 11.7 Å².